The Labute approximate surface area is 94.2 Å². The molecule has 0 radical (unpaired) electrons. The molecule has 0 aliphatic heterocycles. The van der Waals surface area contributed by atoms with Crippen molar-refractivity contribution < 1.29 is 13.5 Å². The molecule has 86 valence electrons. The van der Waals surface area contributed by atoms with E-state index in [1.54, 1.807) is 31.4 Å². The summed E-state index contributed by atoms with van der Waals surface area (Å²) in [6.07, 6.45) is 0. The van der Waals surface area contributed by atoms with E-state index in [1.165, 1.54) is 22.7 Å². The van der Waals surface area contributed by atoms with E-state index >= 15 is 0 Å². The van der Waals surface area contributed by atoms with Crippen molar-refractivity contribution in [2.45, 2.75) is 23.6 Å². The Morgan fingerprint density at radius 2 is 2.13 bits per heavy atom. The average Bonchev–Trinajstić information content (AvgIpc) is 2.69. The molecule has 0 unspecified atom stereocenters. The fraction of sp³-hybridized carbons (Fsp3) is 0.556. The van der Waals surface area contributed by atoms with Gasteiger partial charge in [0.25, 0.3) is 10.0 Å². The van der Waals surface area contributed by atoms with Crippen molar-refractivity contribution in [3.63, 3.8) is 0 Å². The fourth-order valence-electron chi connectivity index (χ4n) is 0.970. The first-order chi connectivity index (χ1) is 6.82. The topological polar surface area (TPSA) is 57.6 Å². The van der Waals surface area contributed by atoms with Crippen molar-refractivity contribution in [3.8, 4) is 0 Å². The van der Waals surface area contributed by atoms with Gasteiger partial charge in [-0.25, -0.2) is 8.42 Å². The molecule has 1 aromatic heterocycles. The monoisotopic (exact) mass is 249 g/mol. The van der Waals surface area contributed by atoms with Crippen LogP contribution in [0.3, 0.4) is 0 Å². The molecule has 0 bridgehead atoms. The number of thiophene rings is 1. The van der Waals surface area contributed by atoms with Gasteiger partial charge in [0.2, 0.25) is 0 Å². The highest BCUT2D eigenvalue weighted by molar-refractivity contribution is 7.91. The lowest BCUT2D eigenvalue weighted by Crippen LogP contribution is -2.47. The maximum atomic E-state index is 12.0. The van der Waals surface area contributed by atoms with Crippen LogP contribution in [0.25, 0.3) is 0 Å². The first kappa shape index (κ1) is 12.6. The second-order valence-electron chi connectivity index (χ2n) is 3.88. The van der Waals surface area contributed by atoms with Crippen LogP contribution in [0.4, 0.5) is 0 Å². The van der Waals surface area contributed by atoms with Gasteiger partial charge in [-0.05, 0) is 25.3 Å². The third-order valence-corrected chi connectivity index (χ3v) is 5.79. The van der Waals surface area contributed by atoms with Crippen molar-refractivity contribution in [2.24, 2.45) is 0 Å². The van der Waals surface area contributed by atoms with Gasteiger partial charge < -0.3 is 5.11 Å². The summed E-state index contributed by atoms with van der Waals surface area (Å²) in [6.45, 7) is 3.14. The van der Waals surface area contributed by atoms with Gasteiger partial charge in [0.15, 0.2) is 0 Å². The Bertz CT molecular complexity index is 409. The summed E-state index contributed by atoms with van der Waals surface area (Å²) in [7, 11) is -2.00. The maximum Gasteiger partial charge on any atom is 0.252 e. The van der Waals surface area contributed by atoms with E-state index in [4.69, 9.17) is 5.11 Å². The molecule has 0 aromatic carbocycles. The Hall–Kier alpha value is -0.430. The molecule has 0 fully saturated rings. The highest BCUT2D eigenvalue weighted by atomic mass is 32.2. The van der Waals surface area contributed by atoms with E-state index in [2.05, 4.69) is 0 Å². The van der Waals surface area contributed by atoms with Crippen LogP contribution in [0, 0.1) is 0 Å². The summed E-state index contributed by atoms with van der Waals surface area (Å²) in [6, 6.07) is 3.25. The van der Waals surface area contributed by atoms with Gasteiger partial charge in [-0.15, -0.1) is 11.3 Å². The minimum atomic E-state index is -3.47. The van der Waals surface area contributed by atoms with Crippen LogP contribution in [-0.2, 0) is 10.0 Å². The van der Waals surface area contributed by atoms with Crippen molar-refractivity contribution in [3.05, 3.63) is 17.5 Å². The molecular formula is C9H15NO3S2. The SMILES string of the molecule is CN(C(C)(C)CO)S(=O)(=O)c1cccs1. The third kappa shape index (κ3) is 2.39. The number of aliphatic hydroxyl groups is 1. The molecule has 0 saturated carbocycles. The zero-order valence-corrected chi connectivity index (χ0v) is 10.6. The van der Waals surface area contributed by atoms with Crippen LogP contribution in [0.1, 0.15) is 13.8 Å². The zero-order chi connectivity index (χ0) is 11.7. The molecule has 1 aromatic rings. The van der Waals surface area contributed by atoms with E-state index in [1.807, 2.05) is 0 Å². The molecule has 1 heterocycles. The van der Waals surface area contributed by atoms with Gasteiger partial charge in [-0.2, -0.15) is 4.31 Å². The summed E-state index contributed by atoms with van der Waals surface area (Å²) in [4.78, 5) is 0. The van der Waals surface area contributed by atoms with Crippen LogP contribution in [0.2, 0.25) is 0 Å². The van der Waals surface area contributed by atoms with Crippen LogP contribution >= 0.6 is 11.3 Å². The smallest absolute Gasteiger partial charge is 0.252 e. The molecule has 0 saturated heterocycles. The van der Waals surface area contributed by atoms with Crippen LogP contribution < -0.4 is 0 Å². The molecule has 0 aliphatic rings. The van der Waals surface area contributed by atoms with E-state index in [0.29, 0.717) is 4.21 Å². The number of aliphatic hydroxyl groups excluding tert-OH is 1. The quantitative estimate of drug-likeness (QED) is 0.870. The second kappa shape index (κ2) is 4.21. The average molecular weight is 249 g/mol. The van der Waals surface area contributed by atoms with Crippen molar-refractivity contribution in [1.29, 1.82) is 0 Å². The van der Waals surface area contributed by atoms with Gasteiger partial charge in [-0.3, -0.25) is 0 Å². The van der Waals surface area contributed by atoms with Gasteiger partial charge >= 0.3 is 0 Å². The molecule has 15 heavy (non-hydrogen) atoms. The lowest BCUT2D eigenvalue weighted by Gasteiger charge is -2.32. The first-order valence-corrected chi connectivity index (χ1v) is 6.78. The van der Waals surface area contributed by atoms with Crippen LogP contribution in [-0.4, -0.2) is 37.0 Å². The number of hydrogen-bond donors (Lipinski definition) is 1. The van der Waals surface area contributed by atoms with Gasteiger partial charge in [0, 0.05) is 7.05 Å². The van der Waals surface area contributed by atoms with E-state index in [9.17, 15) is 8.42 Å². The number of likely N-dealkylation sites (N-methyl/N-ethyl adjacent to an activating group) is 1. The summed E-state index contributed by atoms with van der Waals surface area (Å²) < 4.78 is 25.5. The van der Waals surface area contributed by atoms with Crippen LogP contribution in [0.15, 0.2) is 21.7 Å². The molecule has 0 aliphatic carbocycles. The number of rotatable bonds is 4. The minimum Gasteiger partial charge on any atom is -0.394 e. The highest BCUT2D eigenvalue weighted by Gasteiger charge is 2.33. The van der Waals surface area contributed by atoms with Gasteiger partial charge in [-0.1, -0.05) is 6.07 Å². The minimum absolute atomic E-state index is 0.214. The molecule has 0 amide bonds. The summed E-state index contributed by atoms with van der Waals surface area (Å²) >= 11 is 1.17. The van der Waals surface area contributed by atoms with Gasteiger partial charge in [0.1, 0.15) is 4.21 Å². The Morgan fingerprint density at radius 1 is 1.53 bits per heavy atom. The fourth-order valence-corrected chi connectivity index (χ4v) is 3.64. The standard InChI is InChI=1S/C9H15NO3S2/c1-9(2,7-11)10(3)15(12,13)8-5-4-6-14-8/h4-6,11H,7H2,1-3H3. The zero-order valence-electron chi connectivity index (χ0n) is 8.97. The first-order valence-electron chi connectivity index (χ1n) is 4.46. The maximum absolute atomic E-state index is 12.0. The Morgan fingerprint density at radius 3 is 2.53 bits per heavy atom. The van der Waals surface area contributed by atoms with Gasteiger partial charge in [0.05, 0.1) is 12.1 Å². The predicted octanol–water partition coefficient (Wildman–Crippen LogP) is 1.14. The van der Waals surface area contributed by atoms with Crippen molar-refractivity contribution in [1.82, 2.24) is 4.31 Å². The Balaban J connectivity index is 3.09. The summed E-state index contributed by atoms with van der Waals surface area (Å²) in [5.74, 6) is 0. The summed E-state index contributed by atoms with van der Waals surface area (Å²) in [5, 5.41) is 10.8. The number of sulfonamides is 1. The van der Waals surface area contributed by atoms with E-state index in [-0.39, 0.29) is 6.61 Å². The predicted molar refractivity (Wildman–Crippen MR) is 60.4 cm³/mol. The largest absolute Gasteiger partial charge is 0.394 e. The van der Waals surface area contributed by atoms with Crippen molar-refractivity contribution >= 4 is 21.4 Å². The van der Waals surface area contributed by atoms with Crippen molar-refractivity contribution in [2.75, 3.05) is 13.7 Å². The number of nitrogens with zero attached hydrogens (tertiary/aromatic N) is 1. The molecule has 6 heteroatoms. The number of hydrogen-bond acceptors (Lipinski definition) is 4. The molecule has 1 N–H and O–H groups in total. The lowest BCUT2D eigenvalue weighted by molar-refractivity contribution is 0.138. The Kier molecular flexibility index (Phi) is 3.55. The van der Waals surface area contributed by atoms with E-state index in [0.717, 1.165) is 0 Å². The summed E-state index contributed by atoms with van der Waals surface area (Å²) in [5.41, 5.74) is -0.789. The molecular weight excluding hydrogens is 234 g/mol. The molecule has 0 spiro atoms. The molecule has 0 atom stereocenters. The lowest BCUT2D eigenvalue weighted by atomic mass is 10.1. The third-order valence-electron chi connectivity index (χ3n) is 2.35. The highest BCUT2D eigenvalue weighted by Crippen LogP contribution is 2.25. The molecule has 4 nitrogen and oxygen atoms in total. The molecule has 1 rings (SSSR count). The van der Waals surface area contributed by atoms with E-state index < -0.39 is 15.6 Å². The normalized spacial score (nSPS) is 13.4. The second-order valence-corrected chi connectivity index (χ2v) is 7.02. The van der Waals surface area contributed by atoms with Crippen LogP contribution in [0.5, 0.6) is 0 Å².